The summed E-state index contributed by atoms with van der Waals surface area (Å²) in [7, 11) is 1.79. The maximum Gasteiger partial charge on any atom is 0.254 e. The van der Waals surface area contributed by atoms with Gasteiger partial charge >= 0.3 is 0 Å². The Morgan fingerprint density at radius 3 is 2.44 bits per heavy atom. The highest BCUT2D eigenvalue weighted by Gasteiger charge is 2.20. The van der Waals surface area contributed by atoms with E-state index in [0.29, 0.717) is 5.56 Å². The van der Waals surface area contributed by atoms with Crippen molar-refractivity contribution < 1.29 is 9.21 Å². The molecule has 0 bridgehead atoms. The highest BCUT2D eigenvalue weighted by Crippen LogP contribution is 2.21. The number of nitrogens with zero attached hydrogens (tertiary/aromatic N) is 1. The lowest BCUT2D eigenvalue weighted by Crippen LogP contribution is -2.29. The molecule has 0 unspecified atom stereocenters. The highest BCUT2D eigenvalue weighted by molar-refractivity contribution is 5.94. The van der Waals surface area contributed by atoms with Crippen molar-refractivity contribution in [3.63, 3.8) is 0 Å². The molecule has 1 heterocycles. The van der Waals surface area contributed by atoms with Crippen molar-refractivity contribution in [2.24, 2.45) is 0 Å². The zero-order chi connectivity index (χ0) is 13.1. The van der Waals surface area contributed by atoms with Crippen LogP contribution in [0.1, 0.15) is 34.6 Å². The number of benzene rings is 1. The predicted octanol–water partition coefficient (Wildman–Crippen LogP) is 3.42. The van der Waals surface area contributed by atoms with Gasteiger partial charge in [-0.1, -0.05) is 17.7 Å². The fourth-order valence-electron chi connectivity index (χ4n) is 1.80. The minimum Gasteiger partial charge on any atom is -0.467 e. The average Bonchev–Trinajstić information content (AvgIpc) is 2.91. The van der Waals surface area contributed by atoms with Gasteiger partial charge in [0.15, 0.2) is 0 Å². The summed E-state index contributed by atoms with van der Waals surface area (Å²) in [6.07, 6.45) is 1.62. The smallest absolute Gasteiger partial charge is 0.254 e. The number of carbonyl (C=O) groups excluding carboxylic acids is 1. The van der Waals surface area contributed by atoms with E-state index in [1.165, 1.54) is 0 Å². The number of carbonyl (C=O) groups is 1. The maximum atomic E-state index is 12.3. The van der Waals surface area contributed by atoms with E-state index in [2.05, 4.69) is 0 Å². The first-order chi connectivity index (χ1) is 8.59. The lowest BCUT2D eigenvalue weighted by molar-refractivity contribution is 0.0726. The Hall–Kier alpha value is -2.03. The number of amides is 1. The van der Waals surface area contributed by atoms with Crippen molar-refractivity contribution >= 4 is 5.91 Å². The maximum absolute atomic E-state index is 12.3. The van der Waals surface area contributed by atoms with Gasteiger partial charge in [0, 0.05) is 12.6 Å². The van der Waals surface area contributed by atoms with E-state index in [0.717, 1.165) is 11.3 Å². The fourth-order valence-corrected chi connectivity index (χ4v) is 1.80. The molecule has 0 aliphatic rings. The molecule has 0 aliphatic heterocycles. The molecule has 1 aromatic carbocycles. The molecule has 0 fully saturated rings. The first kappa shape index (κ1) is 12.4. The summed E-state index contributed by atoms with van der Waals surface area (Å²) in [6.45, 7) is 3.95. The third-order valence-electron chi connectivity index (χ3n) is 3.15. The molecule has 0 aliphatic carbocycles. The zero-order valence-electron chi connectivity index (χ0n) is 10.9. The van der Waals surface area contributed by atoms with Crippen LogP contribution in [0.15, 0.2) is 47.1 Å². The second kappa shape index (κ2) is 5.08. The summed E-state index contributed by atoms with van der Waals surface area (Å²) in [5.74, 6) is 0.789. The molecule has 2 rings (SSSR count). The molecule has 0 saturated heterocycles. The highest BCUT2D eigenvalue weighted by atomic mass is 16.3. The molecule has 0 saturated carbocycles. The molecule has 0 radical (unpaired) electrons. The van der Waals surface area contributed by atoms with Gasteiger partial charge in [-0.25, -0.2) is 0 Å². The Morgan fingerprint density at radius 2 is 1.89 bits per heavy atom. The van der Waals surface area contributed by atoms with E-state index >= 15 is 0 Å². The lowest BCUT2D eigenvalue weighted by Gasteiger charge is -2.23. The molecular weight excluding hydrogens is 226 g/mol. The minimum atomic E-state index is -0.0752. The van der Waals surface area contributed by atoms with Crippen molar-refractivity contribution in [2.75, 3.05) is 7.05 Å². The van der Waals surface area contributed by atoms with Crippen LogP contribution in [-0.2, 0) is 0 Å². The molecule has 1 amide bonds. The van der Waals surface area contributed by atoms with Crippen molar-refractivity contribution in [1.82, 2.24) is 4.90 Å². The first-order valence-electron chi connectivity index (χ1n) is 5.97. The Kier molecular flexibility index (Phi) is 3.51. The van der Waals surface area contributed by atoms with Gasteiger partial charge in [-0.3, -0.25) is 4.79 Å². The Morgan fingerprint density at radius 1 is 1.22 bits per heavy atom. The molecule has 1 atom stereocenters. The molecule has 0 spiro atoms. The summed E-state index contributed by atoms with van der Waals surface area (Å²) in [4.78, 5) is 14.0. The predicted molar refractivity (Wildman–Crippen MR) is 70.4 cm³/mol. The molecule has 0 N–H and O–H groups in total. The minimum absolute atomic E-state index is 0.00102. The van der Waals surface area contributed by atoms with Gasteiger partial charge in [-0.05, 0) is 38.1 Å². The van der Waals surface area contributed by atoms with Crippen molar-refractivity contribution in [3.8, 4) is 0 Å². The van der Waals surface area contributed by atoms with Crippen LogP contribution in [0.25, 0.3) is 0 Å². The van der Waals surface area contributed by atoms with Crippen molar-refractivity contribution in [1.29, 1.82) is 0 Å². The van der Waals surface area contributed by atoms with E-state index in [9.17, 15) is 4.79 Å². The topological polar surface area (TPSA) is 33.5 Å². The summed E-state index contributed by atoms with van der Waals surface area (Å²) in [5, 5.41) is 0. The molecule has 2 aromatic rings. The molecule has 18 heavy (non-hydrogen) atoms. The third kappa shape index (κ3) is 2.45. The van der Waals surface area contributed by atoms with Gasteiger partial charge in [0.25, 0.3) is 5.91 Å². The lowest BCUT2D eigenvalue weighted by atomic mass is 10.1. The summed E-state index contributed by atoms with van der Waals surface area (Å²) < 4.78 is 5.33. The van der Waals surface area contributed by atoms with Gasteiger partial charge in [0.1, 0.15) is 5.76 Å². The Labute approximate surface area is 107 Å². The third-order valence-corrected chi connectivity index (χ3v) is 3.15. The normalized spacial score (nSPS) is 12.2. The number of hydrogen-bond donors (Lipinski definition) is 0. The van der Waals surface area contributed by atoms with Crippen LogP contribution in [-0.4, -0.2) is 17.9 Å². The summed E-state index contributed by atoms with van der Waals surface area (Å²) >= 11 is 0. The van der Waals surface area contributed by atoms with Crippen LogP contribution in [0.4, 0.5) is 0 Å². The molecule has 94 valence electrons. The van der Waals surface area contributed by atoms with E-state index in [1.807, 2.05) is 50.2 Å². The largest absolute Gasteiger partial charge is 0.467 e. The average molecular weight is 243 g/mol. The second-order valence-electron chi connectivity index (χ2n) is 4.47. The van der Waals surface area contributed by atoms with Crippen LogP contribution >= 0.6 is 0 Å². The quantitative estimate of drug-likeness (QED) is 0.827. The number of furan rings is 1. The second-order valence-corrected chi connectivity index (χ2v) is 4.47. The number of hydrogen-bond acceptors (Lipinski definition) is 2. The van der Waals surface area contributed by atoms with Crippen LogP contribution in [0.2, 0.25) is 0 Å². The van der Waals surface area contributed by atoms with Gasteiger partial charge < -0.3 is 9.32 Å². The number of aryl methyl sites for hydroxylation is 1. The molecule has 3 heteroatoms. The molecule has 3 nitrogen and oxygen atoms in total. The Balaban J connectivity index is 2.16. The summed E-state index contributed by atoms with van der Waals surface area (Å²) in [5.41, 5.74) is 1.84. The van der Waals surface area contributed by atoms with Gasteiger partial charge in [0.05, 0.1) is 12.3 Å². The van der Waals surface area contributed by atoms with Crippen LogP contribution in [0.3, 0.4) is 0 Å². The summed E-state index contributed by atoms with van der Waals surface area (Å²) in [6, 6.07) is 11.2. The Bertz CT molecular complexity index is 514. The van der Waals surface area contributed by atoms with E-state index in [1.54, 1.807) is 18.2 Å². The zero-order valence-corrected chi connectivity index (χ0v) is 10.9. The molecule has 1 aromatic heterocycles. The van der Waals surface area contributed by atoms with Crippen molar-refractivity contribution in [2.45, 2.75) is 19.9 Å². The van der Waals surface area contributed by atoms with Gasteiger partial charge in [-0.2, -0.15) is 0 Å². The SMILES string of the molecule is Cc1ccc(C(=O)N(C)[C@H](C)c2ccco2)cc1. The monoisotopic (exact) mass is 243 g/mol. The van der Waals surface area contributed by atoms with Crippen LogP contribution in [0.5, 0.6) is 0 Å². The standard InChI is InChI=1S/C15H17NO2/c1-11-6-8-13(9-7-11)15(17)16(3)12(2)14-5-4-10-18-14/h4-10,12H,1-3H3/t12-/m1/s1. The number of rotatable bonds is 3. The van der Waals surface area contributed by atoms with Crippen LogP contribution in [0, 0.1) is 6.92 Å². The van der Waals surface area contributed by atoms with E-state index in [-0.39, 0.29) is 11.9 Å². The fraction of sp³-hybridized carbons (Fsp3) is 0.267. The van der Waals surface area contributed by atoms with Crippen molar-refractivity contribution in [3.05, 3.63) is 59.5 Å². The van der Waals surface area contributed by atoms with Gasteiger partial charge in [-0.15, -0.1) is 0 Å². The van der Waals surface area contributed by atoms with E-state index in [4.69, 9.17) is 4.42 Å². The molecular formula is C15H17NO2. The van der Waals surface area contributed by atoms with Crippen LogP contribution < -0.4 is 0 Å². The van der Waals surface area contributed by atoms with Gasteiger partial charge in [0.2, 0.25) is 0 Å². The van der Waals surface area contributed by atoms with E-state index < -0.39 is 0 Å². The first-order valence-corrected chi connectivity index (χ1v) is 5.97.